The van der Waals surface area contributed by atoms with Gasteiger partial charge in [-0.3, -0.25) is 14.5 Å². The van der Waals surface area contributed by atoms with E-state index in [4.69, 9.17) is 9.84 Å². The average molecular weight is 399 g/mol. The lowest BCUT2D eigenvalue weighted by atomic mass is 9.93. The highest BCUT2D eigenvalue weighted by Crippen LogP contribution is 2.23. The molecular weight excluding hydrogens is 368 g/mol. The first-order valence-corrected chi connectivity index (χ1v) is 10.2. The molecule has 6 heteroatoms. The summed E-state index contributed by atoms with van der Waals surface area (Å²) in [6.45, 7) is 2.67. The van der Waals surface area contributed by atoms with Gasteiger partial charge in [0.25, 0.3) is 0 Å². The minimum atomic E-state index is -0.744. The van der Waals surface area contributed by atoms with Crippen LogP contribution in [0.4, 0.5) is 0 Å². The van der Waals surface area contributed by atoms with Crippen LogP contribution in [0.3, 0.4) is 0 Å². The molecule has 1 fully saturated rings. The number of methoxy groups -OCH3 is 1. The number of nitrogens with zero attached hydrogens (tertiary/aromatic N) is 2. The molecule has 1 saturated heterocycles. The SMILES string of the molecule is COc1ccc2cc(CN(C)C(=O)CN3CCCC(CCC(=O)O)C3)ccc2c1. The Bertz CT molecular complexity index is 867. The molecule has 0 saturated carbocycles. The molecule has 3 rings (SSSR count). The number of fused-ring (bicyclic) bond motifs is 1. The summed E-state index contributed by atoms with van der Waals surface area (Å²) >= 11 is 0. The first kappa shape index (κ1) is 21.1. The van der Waals surface area contributed by atoms with Gasteiger partial charge in [-0.2, -0.15) is 0 Å². The number of carbonyl (C=O) groups is 2. The molecule has 1 aliphatic rings. The second-order valence-electron chi connectivity index (χ2n) is 7.97. The molecule has 1 aliphatic heterocycles. The fraction of sp³-hybridized carbons (Fsp3) is 0.478. The molecular formula is C23H30N2O4. The predicted molar refractivity (Wildman–Crippen MR) is 113 cm³/mol. The third kappa shape index (κ3) is 5.94. The molecule has 1 N–H and O–H groups in total. The zero-order chi connectivity index (χ0) is 20.8. The lowest BCUT2D eigenvalue weighted by Gasteiger charge is -2.33. The number of carbonyl (C=O) groups excluding carboxylic acids is 1. The van der Waals surface area contributed by atoms with Gasteiger partial charge in [0.2, 0.25) is 5.91 Å². The van der Waals surface area contributed by atoms with Crippen molar-refractivity contribution in [2.24, 2.45) is 5.92 Å². The number of aliphatic carboxylic acids is 1. The molecule has 1 amide bonds. The lowest BCUT2D eigenvalue weighted by molar-refractivity contribution is -0.137. The lowest BCUT2D eigenvalue weighted by Crippen LogP contribution is -2.43. The number of hydrogen-bond acceptors (Lipinski definition) is 4. The van der Waals surface area contributed by atoms with Crippen LogP contribution in [-0.2, 0) is 16.1 Å². The van der Waals surface area contributed by atoms with Crippen LogP contribution in [0.25, 0.3) is 10.8 Å². The van der Waals surface area contributed by atoms with Crippen molar-refractivity contribution in [2.45, 2.75) is 32.2 Å². The van der Waals surface area contributed by atoms with Gasteiger partial charge in [-0.05, 0) is 66.3 Å². The van der Waals surface area contributed by atoms with Gasteiger partial charge >= 0.3 is 5.97 Å². The third-order valence-corrected chi connectivity index (χ3v) is 5.69. The van der Waals surface area contributed by atoms with Gasteiger partial charge in [-0.1, -0.05) is 18.2 Å². The van der Waals surface area contributed by atoms with Crippen LogP contribution in [0, 0.1) is 5.92 Å². The summed E-state index contributed by atoms with van der Waals surface area (Å²) in [7, 11) is 3.50. The van der Waals surface area contributed by atoms with Gasteiger partial charge in [-0.15, -0.1) is 0 Å². The maximum absolute atomic E-state index is 12.7. The van der Waals surface area contributed by atoms with Crippen molar-refractivity contribution < 1.29 is 19.4 Å². The Morgan fingerprint density at radius 1 is 1.21 bits per heavy atom. The highest BCUT2D eigenvalue weighted by Gasteiger charge is 2.23. The van der Waals surface area contributed by atoms with Crippen molar-refractivity contribution in [1.82, 2.24) is 9.80 Å². The van der Waals surface area contributed by atoms with Gasteiger partial charge in [0, 0.05) is 26.6 Å². The largest absolute Gasteiger partial charge is 0.497 e. The van der Waals surface area contributed by atoms with E-state index < -0.39 is 5.97 Å². The summed E-state index contributed by atoms with van der Waals surface area (Å²) in [4.78, 5) is 27.4. The van der Waals surface area contributed by atoms with E-state index >= 15 is 0 Å². The summed E-state index contributed by atoms with van der Waals surface area (Å²) in [5.41, 5.74) is 1.09. The Morgan fingerprint density at radius 3 is 2.72 bits per heavy atom. The molecule has 6 nitrogen and oxygen atoms in total. The molecule has 29 heavy (non-hydrogen) atoms. The Hall–Kier alpha value is -2.60. The van der Waals surface area contributed by atoms with E-state index in [-0.39, 0.29) is 12.3 Å². The minimum absolute atomic E-state index is 0.0960. The van der Waals surface area contributed by atoms with E-state index in [0.717, 1.165) is 48.0 Å². The highest BCUT2D eigenvalue weighted by atomic mass is 16.5. The predicted octanol–water partition coefficient (Wildman–Crippen LogP) is 3.38. The number of piperidine rings is 1. The van der Waals surface area contributed by atoms with Gasteiger partial charge in [0.1, 0.15) is 5.75 Å². The molecule has 0 aliphatic carbocycles. The van der Waals surface area contributed by atoms with E-state index in [9.17, 15) is 9.59 Å². The van der Waals surface area contributed by atoms with Crippen LogP contribution in [0.2, 0.25) is 0 Å². The van der Waals surface area contributed by atoms with E-state index in [0.29, 0.717) is 25.4 Å². The van der Waals surface area contributed by atoms with Crippen LogP contribution in [0.5, 0.6) is 5.75 Å². The molecule has 1 unspecified atom stereocenters. The van der Waals surface area contributed by atoms with Crippen molar-refractivity contribution in [1.29, 1.82) is 0 Å². The maximum Gasteiger partial charge on any atom is 0.303 e. The summed E-state index contributed by atoms with van der Waals surface area (Å²) in [5, 5.41) is 11.1. The number of likely N-dealkylation sites (tertiary alicyclic amines) is 1. The first-order valence-electron chi connectivity index (χ1n) is 10.2. The van der Waals surface area contributed by atoms with Crippen molar-refractivity contribution in [3.63, 3.8) is 0 Å². The standard InChI is InChI=1S/C23H30N2O4/c1-24(14-18-5-7-20-13-21(29-2)9-8-19(20)12-18)22(26)16-25-11-3-4-17(15-25)6-10-23(27)28/h5,7-9,12-13,17H,3-4,6,10-11,14-16H2,1-2H3,(H,27,28). The van der Waals surface area contributed by atoms with E-state index in [1.54, 1.807) is 12.0 Å². The molecule has 156 valence electrons. The second-order valence-corrected chi connectivity index (χ2v) is 7.97. The Balaban J connectivity index is 1.54. The number of amides is 1. The highest BCUT2D eigenvalue weighted by molar-refractivity contribution is 5.84. The van der Waals surface area contributed by atoms with E-state index in [2.05, 4.69) is 17.0 Å². The number of carboxylic acids is 1. The van der Waals surface area contributed by atoms with Gasteiger partial charge in [0.05, 0.1) is 13.7 Å². The molecule has 0 aromatic heterocycles. The van der Waals surface area contributed by atoms with Crippen molar-refractivity contribution >= 4 is 22.6 Å². The van der Waals surface area contributed by atoms with E-state index in [1.165, 1.54) is 0 Å². The van der Waals surface area contributed by atoms with Gasteiger partial charge < -0.3 is 14.7 Å². The third-order valence-electron chi connectivity index (χ3n) is 5.69. The van der Waals surface area contributed by atoms with Gasteiger partial charge in [-0.25, -0.2) is 0 Å². The summed E-state index contributed by atoms with van der Waals surface area (Å²) < 4.78 is 5.27. The minimum Gasteiger partial charge on any atom is -0.497 e. The van der Waals surface area contributed by atoms with Crippen LogP contribution in [-0.4, -0.2) is 60.6 Å². The quantitative estimate of drug-likeness (QED) is 0.738. The normalized spacial score (nSPS) is 17.2. The number of rotatable bonds is 8. The van der Waals surface area contributed by atoms with Gasteiger partial charge in [0.15, 0.2) is 0 Å². The van der Waals surface area contributed by atoms with E-state index in [1.807, 2.05) is 31.3 Å². The fourth-order valence-electron chi connectivity index (χ4n) is 4.03. The summed E-state index contributed by atoms with van der Waals surface area (Å²) in [6.07, 6.45) is 2.98. The number of ether oxygens (including phenoxy) is 1. The summed E-state index contributed by atoms with van der Waals surface area (Å²) in [5.74, 6) is 0.557. The first-order chi connectivity index (χ1) is 13.9. The Kier molecular flexibility index (Phi) is 7.09. The summed E-state index contributed by atoms with van der Waals surface area (Å²) in [6, 6.07) is 12.2. The van der Waals surface area contributed by atoms with Crippen LogP contribution < -0.4 is 4.74 Å². The Morgan fingerprint density at radius 2 is 1.97 bits per heavy atom. The van der Waals surface area contributed by atoms with Crippen molar-refractivity contribution in [3.8, 4) is 5.75 Å². The molecule has 0 bridgehead atoms. The van der Waals surface area contributed by atoms with Crippen LogP contribution in [0.15, 0.2) is 36.4 Å². The molecule has 1 heterocycles. The monoisotopic (exact) mass is 398 g/mol. The van der Waals surface area contributed by atoms with Crippen molar-refractivity contribution in [2.75, 3.05) is 33.8 Å². The molecule has 0 spiro atoms. The number of hydrogen-bond donors (Lipinski definition) is 1. The topological polar surface area (TPSA) is 70.1 Å². The molecule has 0 radical (unpaired) electrons. The van der Waals surface area contributed by atoms with Crippen LogP contribution in [0.1, 0.15) is 31.2 Å². The number of benzene rings is 2. The zero-order valence-electron chi connectivity index (χ0n) is 17.3. The Labute approximate surface area is 172 Å². The van der Waals surface area contributed by atoms with Crippen molar-refractivity contribution in [3.05, 3.63) is 42.0 Å². The fourth-order valence-corrected chi connectivity index (χ4v) is 4.03. The molecule has 2 aromatic rings. The maximum atomic E-state index is 12.7. The molecule has 2 aromatic carbocycles. The zero-order valence-corrected chi connectivity index (χ0v) is 17.3. The average Bonchev–Trinajstić information content (AvgIpc) is 2.72. The molecule has 1 atom stereocenters. The smallest absolute Gasteiger partial charge is 0.303 e. The second kappa shape index (κ2) is 9.74. The number of likely N-dealkylation sites (N-methyl/N-ethyl adjacent to an activating group) is 1. The van der Waals surface area contributed by atoms with Crippen LogP contribution >= 0.6 is 0 Å². The number of carboxylic acid groups (broad SMARTS) is 1.